The number of halogens is 2. The fraction of sp³-hybridized carbons (Fsp3) is 0.294. The molecule has 0 aliphatic carbocycles. The Morgan fingerprint density at radius 3 is 2.68 bits per heavy atom. The Labute approximate surface area is 164 Å². The largest absolute Gasteiger partial charge is 0.320 e. The minimum Gasteiger partial charge on any atom is -0.320 e. The van der Waals surface area contributed by atoms with Gasteiger partial charge in [-0.2, -0.15) is 0 Å². The highest BCUT2D eigenvalue weighted by molar-refractivity contribution is 8.14. The predicted octanol–water partition coefficient (Wildman–Crippen LogP) is 4.66. The predicted molar refractivity (Wildman–Crippen MR) is 109 cm³/mol. The van der Waals surface area contributed by atoms with Crippen molar-refractivity contribution in [2.24, 2.45) is 0 Å². The fourth-order valence-corrected chi connectivity index (χ4v) is 6.57. The highest BCUT2D eigenvalue weighted by atomic mass is 35.5. The molecule has 0 saturated heterocycles. The number of hydrogen-bond donors (Lipinski definition) is 1. The number of hydrogen-bond acceptors (Lipinski definition) is 4. The molecular weight excluding hydrogens is 399 g/mol. The maximum absolute atomic E-state index is 13.2. The first-order valence-corrected chi connectivity index (χ1v) is 10.5. The molecule has 0 saturated carbocycles. The molecular formula is C17H20Cl2N2O2S2. The van der Waals surface area contributed by atoms with E-state index >= 15 is 0 Å². The van der Waals surface area contributed by atoms with Gasteiger partial charge in [0.1, 0.15) is 4.58 Å². The van der Waals surface area contributed by atoms with Crippen LogP contribution < -0.4 is 9.62 Å². The summed E-state index contributed by atoms with van der Waals surface area (Å²) in [6.45, 7) is 0.797. The second-order valence-corrected chi connectivity index (χ2v) is 9.49. The Hall–Kier alpha value is -0.920. The molecule has 3 rings (SSSR count). The van der Waals surface area contributed by atoms with E-state index in [1.54, 1.807) is 24.3 Å². The van der Waals surface area contributed by atoms with Gasteiger partial charge in [-0.15, -0.1) is 24.2 Å². The molecule has 0 aromatic heterocycles. The lowest BCUT2D eigenvalue weighted by atomic mass is 10.2. The van der Waals surface area contributed by atoms with Gasteiger partial charge in [-0.25, -0.2) is 12.7 Å². The molecule has 1 aliphatic rings. The first-order chi connectivity index (χ1) is 11.5. The van der Waals surface area contributed by atoms with Gasteiger partial charge >= 0.3 is 0 Å². The molecule has 0 bridgehead atoms. The average molecular weight is 419 g/mol. The summed E-state index contributed by atoms with van der Waals surface area (Å²) in [6, 6.07) is 14.6. The lowest BCUT2D eigenvalue weighted by Gasteiger charge is -2.35. The molecule has 0 radical (unpaired) electrons. The highest BCUT2D eigenvalue weighted by Gasteiger charge is 2.39. The van der Waals surface area contributed by atoms with Gasteiger partial charge < -0.3 is 5.32 Å². The van der Waals surface area contributed by atoms with Crippen molar-refractivity contribution in [3.05, 3.63) is 53.6 Å². The van der Waals surface area contributed by atoms with E-state index in [9.17, 15) is 8.42 Å². The smallest absolute Gasteiger partial charge is 0.252 e. The van der Waals surface area contributed by atoms with Crippen LogP contribution in [-0.2, 0) is 10.0 Å². The molecule has 136 valence electrons. The van der Waals surface area contributed by atoms with Crippen molar-refractivity contribution in [2.45, 2.75) is 22.3 Å². The lowest BCUT2D eigenvalue weighted by Crippen LogP contribution is -2.37. The lowest BCUT2D eigenvalue weighted by molar-refractivity contribution is 0.584. The summed E-state index contributed by atoms with van der Waals surface area (Å²) < 4.78 is 27.4. The van der Waals surface area contributed by atoms with Crippen LogP contribution in [0, 0.1) is 0 Å². The number of sulfonamides is 1. The first kappa shape index (κ1) is 20.4. The molecule has 2 aromatic rings. The van der Waals surface area contributed by atoms with Crippen molar-refractivity contribution in [1.82, 2.24) is 5.32 Å². The molecule has 0 amide bonds. The third-order valence-electron chi connectivity index (χ3n) is 3.84. The SMILES string of the molecule is CNCCCC1Sc2ccccc2N(c2cccc(Cl)c2)S1(=O)=O.Cl. The normalized spacial score (nSPS) is 18.3. The van der Waals surface area contributed by atoms with Crippen LogP contribution in [0.5, 0.6) is 0 Å². The van der Waals surface area contributed by atoms with Crippen molar-refractivity contribution in [1.29, 1.82) is 0 Å². The number of rotatable bonds is 5. The van der Waals surface area contributed by atoms with Crippen molar-refractivity contribution in [3.63, 3.8) is 0 Å². The molecule has 1 aliphatic heterocycles. The number of nitrogens with zero attached hydrogens (tertiary/aromatic N) is 1. The summed E-state index contributed by atoms with van der Waals surface area (Å²) in [5, 5.41) is 3.59. The van der Waals surface area contributed by atoms with E-state index in [1.807, 2.05) is 31.3 Å². The molecule has 8 heteroatoms. The Bertz CT molecular complexity index is 831. The summed E-state index contributed by atoms with van der Waals surface area (Å²) in [7, 11) is -1.65. The van der Waals surface area contributed by atoms with Crippen LogP contribution >= 0.6 is 35.8 Å². The second-order valence-electron chi connectivity index (χ2n) is 5.55. The van der Waals surface area contributed by atoms with E-state index in [0.717, 1.165) is 17.9 Å². The van der Waals surface area contributed by atoms with Gasteiger partial charge in [0.05, 0.1) is 11.4 Å². The molecule has 4 nitrogen and oxygen atoms in total. The Morgan fingerprint density at radius 2 is 1.96 bits per heavy atom. The Kier molecular flexibility index (Phi) is 7.05. The van der Waals surface area contributed by atoms with E-state index in [1.165, 1.54) is 16.1 Å². The van der Waals surface area contributed by atoms with Gasteiger partial charge in [0.15, 0.2) is 0 Å². The summed E-state index contributed by atoms with van der Waals surface area (Å²) >= 11 is 7.51. The molecule has 1 atom stereocenters. The standard InChI is InChI=1S/C17H19ClN2O2S2.ClH/c1-19-11-5-10-17-23-16-9-3-2-8-15(16)20(24(17,21)22)14-7-4-6-13(18)12-14;/h2-4,6-9,12,17,19H,5,10-11H2,1H3;1H. The molecule has 1 N–H and O–H groups in total. The van der Waals surface area contributed by atoms with Crippen molar-refractivity contribution in [2.75, 3.05) is 17.9 Å². The van der Waals surface area contributed by atoms with Crippen LogP contribution in [0.4, 0.5) is 11.4 Å². The number of para-hydroxylation sites is 1. The fourth-order valence-electron chi connectivity index (χ4n) is 2.72. The van der Waals surface area contributed by atoms with E-state index < -0.39 is 14.6 Å². The van der Waals surface area contributed by atoms with Crippen LogP contribution in [0.25, 0.3) is 0 Å². The minimum absolute atomic E-state index is 0. The van der Waals surface area contributed by atoms with E-state index in [0.29, 0.717) is 22.8 Å². The van der Waals surface area contributed by atoms with E-state index in [4.69, 9.17) is 11.6 Å². The molecule has 25 heavy (non-hydrogen) atoms. The maximum atomic E-state index is 13.2. The van der Waals surface area contributed by atoms with Crippen LogP contribution in [-0.4, -0.2) is 26.6 Å². The first-order valence-electron chi connectivity index (χ1n) is 7.74. The zero-order valence-corrected chi connectivity index (χ0v) is 16.9. The van der Waals surface area contributed by atoms with Crippen LogP contribution in [0.3, 0.4) is 0 Å². The number of anilines is 2. The second kappa shape index (κ2) is 8.64. The van der Waals surface area contributed by atoms with Crippen LogP contribution in [0.2, 0.25) is 5.02 Å². The number of fused-ring (bicyclic) bond motifs is 1. The molecule has 1 heterocycles. The average Bonchev–Trinajstić information content (AvgIpc) is 2.55. The molecule has 0 spiro atoms. The number of nitrogens with one attached hydrogen (secondary N) is 1. The monoisotopic (exact) mass is 418 g/mol. The van der Waals surface area contributed by atoms with Gasteiger partial charge in [-0.05, 0) is 56.8 Å². The zero-order chi connectivity index (χ0) is 17.2. The molecule has 1 unspecified atom stereocenters. The third-order valence-corrected chi connectivity index (χ3v) is 8.01. The third kappa shape index (κ3) is 4.26. The van der Waals surface area contributed by atoms with Crippen molar-refractivity contribution >= 4 is 57.2 Å². The van der Waals surface area contributed by atoms with Crippen molar-refractivity contribution < 1.29 is 8.42 Å². The van der Waals surface area contributed by atoms with Gasteiger partial charge in [-0.3, -0.25) is 0 Å². The summed E-state index contributed by atoms with van der Waals surface area (Å²) in [6.07, 6.45) is 1.40. The van der Waals surface area contributed by atoms with Crippen LogP contribution in [0.1, 0.15) is 12.8 Å². The van der Waals surface area contributed by atoms with Gasteiger partial charge in [0, 0.05) is 9.92 Å². The van der Waals surface area contributed by atoms with Gasteiger partial charge in [0.2, 0.25) is 0 Å². The summed E-state index contributed by atoms with van der Waals surface area (Å²) in [4.78, 5) is 0.974. The quantitative estimate of drug-likeness (QED) is 0.717. The minimum atomic E-state index is -3.52. The van der Waals surface area contributed by atoms with E-state index in [-0.39, 0.29) is 12.4 Å². The highest BCUT2D eigenvalue weighted by Crippen LogP contribution is 2.47. The van der Waals surface area contributed by atoms with Crippen molar-refractivity contribution in [3.8, 4) is 0 Å². The summed E-state index contributed by atoms with van der Waals surface area (Å²) in [5.74, 6) is 0. The summed E-state index contributed by atoms with van der Waals surface area (Å²) in [5.41, 5.74) is 1.27. The van der Waals surface area contributed by atoms with E-state index in [2.05, 4.69) is 5.32 Å². The van der Waals surface area contributed by atoms with Gasteiger partial charge in [-0.1, -0.05) is 29.8 Å². The van der Waals surface area contributed by atoms with Gasteiger partial charge in [0.25, 0.3) is 10.0 Å². The topological polar surface area (TPSA) is 49.4 Å². The van der Waals surface area contributed by atoms with Crippen LogP contribution in [0.15, 0.2) is 53.4 Å². The maximum Gasteiger partial charge on any atom is 0.252 e. The zero-order valence-electron chi connectivity index (χ0n) is 13.7. The number of benzene rings is 2. The number of thioether (sulfide) groups is 1. The molecule has 2 aromatic carbocycles. The Morgan fingerprint density at radius 1 is 1.20 bits per heavy atom. The molecule has 0 fully saturated rings. The Balaban J connectivity index is 0.00000225.